The highest BCUT2D eigenvalue weighted by molar-refractivity contribution is 5.97. The number of hydrogen-bond acceptors (Lipinski definition) is 4. The number of hydrogen-bond donors (Lipinski definition) is 1. The number of Topliss-reactive ketones (excluding diaryl/α,β-unsaturated/α-hetero) is 1. The van der Waals surface area contributed by atoms with Gasteiger partial charge in [-0.2, -0.15) is 0 Å². The first-order valence-corrected chi connectivity index (χ1v) is 8.33. The van der Waals surface area contributed by atoms with Gasteiger partial charge in [0.25, 0.3) is 0 Å². The maximum absolute atomic E-state index is 12.1. The van der Waals surface area contributed by atoms with Gasteiger partial charge in [0, 0.05) is 24.4 Å². The fraction of sp³-hybridized carbons (Fsp3) is 0.556. The van der Waals surface area contributed by atoms with Crippen molar-refractivity contribution in [2.75, 3.05) is 13.2 Å². The fourth-order valence-electron chi connectivity index (χ4n) is 3.29. The fourth-order valence-corrected chi connectivity index (χ4v) is 3.29. The van der Waals surface area contributed by atoms with Crippen LogP contribution < -0.4 is 5.32 Å². The van der Waals surface area contributed by atoms with Crippen LogP contribution in [-0.4, -0.2) is 43.2 Å². The van der Waals surface area contributed by atoms with Crippen LogP contribution in [0.4, 0.5) is 0 Å². The Morgan fingerprint density at radius 3 is 2.52 bits per heavy atom. The van der Waals surface area contributed by atoms with Crippen LogP contribution in [0.5, 0.6) is 0 Å². The Morgan fingerprint density at radius 2 is 1.74 bits per heavy atom. The van der Waals surface area contributed by atoms with Crippen LogP contribution >= 0.6 is 0 Å². The van der Waals surface area contributed by atoms with E-state index in [1.165, 1.54) is 0 Å². The number of nitrogens with one attached hydrogen (secondary N) is 1. The lowest BCUT2D eigenvalue weighted by Gasteiger charge is -2.39. The summed E-state index contributed by atoms with van der Waals surface area (Å²) in [6.45, 7) is 1.30. The summed E-state index contributed by atoms with van der Waals surface area (Å²) >= 11 is 0. The molecule has 124 valence electrons. The van der Waals surface area contributed by atoms with E-state index >= 15 is 0 Å². The number of rotatable bonds is 5. The molecule has 3 unspecified atom stereocenters. The Hall–Kier alpha value is -1.72. The molecule has 5 nitrogen and oxygen atoms in total. The van der Waals surface area contributed by atoms with Gasteiger partial charge in [0.05, 0.1) is 25.4 Å². The van der Waals surface area contributed by atoms with Crippen LogP contribution in [0.2, 0.25) is 0 Å². The smallest absolute Gasteiger partial charge is 0.220 e. The molecule has 3 atom stereocenters. The van der Waals surface area contributed by atoms with Gasteiger partial charge >= 0.3 is 0 Å². The number of fused-ring (bicyclic) bond motifs is 1. The molecular formula is C18H23NO4. The average Bonchev–Trinajstić information content (AvgIpc) is 2.60. The summed E-state index contributed by atoms with van der Waals surface area (Å²) in [6.07, 6.45) is 3.36. The highest BCUT2D eigenvalue weighted by atomic mass is 16.6. The summed E-state index contributed by atoms with van der Waals surface area (Å²) < 4.78 is 11.4. The molecule has 3 rings (SSSR count). The Kier molecular flexibility index (Phi) is 5.41. The van der Waals surface area contributed by atoms with Gasteiger partial charge in [-0.1, -0.05) is 30.3 Å². The molecule has 0 bridgehead atoms. The molecule has 1 aliphatic carbocycles. The second-order valence-electron chi connectivity index (χ2n) is 6.19. The Bertz CT molecular complexity index is 545. The van der Waals surface area contributed by atoms with Gasteiger partial charge in [-0.05, 0) is 19.3 Å². The summed E-state index contributed by atoms with van der Waals surface area (Å²) in [6, 6.07) is 9.22. The van der Waals surface area contributed by atoms with E-state index in [4.69, 9.17) is 9.47 Å². The average molecular weight is 317 g/mol. The van der Waals surface area contributed by atoms with Crippen LogP contribution in [-0.2, 0) is 14.3 Å². The highest BCUT2D eigenvalue weighted by Crippen LogP contribution is 2.26. The van der Waals surface area contributed by atoms with Gasteiger partial charge in [0.2, 0.25) is 5.91 Å². The third kappa shape index (κ3) is 4.39. The standard InChI is InChI=1S/C18H23NO4/c20-15(13-4-2-1-3-5-13)7-9-18(21)19-14-6-8-16-17(12-14)23-11-10-22-16/h1-5,14,16-17H,6-12H2,(H,19,21). The molecule has 0 spiro atoms. The van der Waals surface area contributed by atoms with Crippen molar-refractivity contribution >= 4 is 11.7 Å². The van der Waals surface area contributed by atoms with Crippen LogP contribution in [0.1, 0.15) is 42.5 Å². The van der Waals surface area contributed by atoms with Crippen LogP contribution in [0.15, 0.2) is 30.3 Å². The lowest BCUT2D eigenvalue weighted by molar-refractivity contribution is -0.158. The highest BCUT2D eigenvalue weighted by Gasteiger charge is 2.34. The molecule has 1 saturated heterocycles. The van der Waals surface area contributed by atoms with Crippen molar-refractivity contribution in [3.8, 4) is 0 Å². The molecule has 23 heavy (non-hydrogen) atoms. The number of ketones is 1. The molecule has 1 amide bonds. The maximum atomic E-state index is 12.1. The van der Waals surface area contributed by atoms with Crippen molar-refractivity contribution in [3.05, 3.63) is 35.9 Å². The van der Waals surface area contributed by atoms with E-state index in [-0.39, 0.29) is 42.8 Å². The molecule has 0 radical (unpaired) electrons. The van der Waals surface area contributed by atoms with Crippen molar-refractivity contribution in [3.63, 3.8) is 0 Å². The largest absolute Gasteiger partial charge is 0.373 e. The first-order chi connectivity index (χ1) is 11.2. The molecule has 1 heterocycles. The molecule has 1 saturated carbocycles. The first kappa shape index (κ1) is 16.1. The first-order valence-electron chi connectivity index (χ1n) is 8.33. The van der Waals surface area contributed by atoms with Crippen molar-refractivity contribution < 1.29 is 19.1 Å². The minimum Gasteiger partial charge on any atom is -0.373 e. The lowest BCUT2D eigenvalue weighted by atomic mass is 9.89. The summed E-state index contributed by atoms with van der Waals surface area (Å²) in [4.78, 5) is 24.1. The van der Waals surface area contributed by atoms with Gasteiger partial charge in [-0.15, -0.1) is 0 Å². The normalized spacial score (nSPS) is 27.0. The zero-order valence-electron chi connectivity index (χ0n) is 13.2. The minimum absolute atomic E-state index is 0.00784. The Morgan fingerprint density at radius 1 is 1.00 bits per heavy atom. The van der Waals surface area contributed by atoms with Crippen LogP contribution in [0, 0.1) is 0 Å². The van der Waals surface area contributed by atoms with E-state index in [1.807, 2.05) is 18.2 Å². The summed E-state index contributed by atoms with van der Waals surface area (Å²) in [5.74, 6) is -0.0528. The number of carbonyl (C=O) groups is 2. The van der Waals surface area contributed by atoms with Gasteiger partial charge in [0.15, 0.2) is 5.78 Å². The topological polar surface area (TPSA) is 64.6 Å². The third-order valence-electron chi connectivity index (χ3n) is 4.52. The Labute approximate surface area is 136 Å². The van der Waals surface area contributed by atoms with E-state index < -0.39 is 0 Å². The lowest BCUT2D eigenvalue weighted by Crippen LogP contribution is -2.49. The van der Waals surface area contributed by atoms with Gasteiger partial charge in [-0.25, -0.2) is 0 Å². The Balaban J connectivity index is 1.42. The van der Waals surface area contributed by atoms with Crippen molar-refractivity contribution in [2.45, 2.75) is 50.4 Å². The maximum Gasteiger partial charge on any atom is 0.220 e. The number of benzene rings is 1. The van der Waals surface area contributed by atoms with Crippen LogP contribution in [0.25, 0.3) is 0 Å². The number of carbonyl (C=O) groups excluding carboxylic acids is 2. The second-order valence-corrected chi connectivity index (χ2v) is 6.19. The quantitative estimate of drug-likeness (QED) is 0.845. The minimum atomic E-state index is -0.0607. The predicted octanol–water partition coefficient (Wildman–Crippen LogP) is 2.10. The van der Waals surface area contributed by atoms with Gasteiger partial charge < -0.3 is 14.8 Å². The predicted molar refractivity (Wildman–Crippen MR) is 85.3 cm³/mol. The summed E-state index contributed by atoms with van der Waals surface area (Å²) in [5.41, 5.74) is 0.661. The molecule has 1 aromatic rings. The molecule has 1 N–H and O–H groups in total. The van der Waals surface area contributed by atoms with Crippen molar-refractivity contribution in [2.24, 2.45) is 0 Å². The van der Waals surface area contributed by atoms with E-state index in [1.54, 1.807) is 12.1 Å². The molecule has 2 fully saturated rings. The second kappa shape index (κ2) is 7.70. The monoisotopic (exact) mass is 317 g/mol. The molecule has 2 aliphatic rings. The SMILES string of the molecule is O=C(CCC(=O)c1ccccc1)NC1CCC2OCCOC2C1. The van der Waals surface area contributed by atoms with Gasteiger partial charge in [0.1, 0.15) is 0 Å². The molecular weight excluding hydrogens is 294 g/mol. The summed E-state index contributed by atoms with van der Waals surface area (Å²) in [7, 11) is 0. The van der Waals surface area contributed by atoms with Crippen molar-refractivity contribution in [1.29, 1.82) is 0 Å². The number of amides is 1. The zero-order valence-corrected chi connectivity index (χ0v) is 13.2. The van der Waals surface area contributed by atoms with Gasteiger partial charge in [-0.3, -0.25) is 9.59 Å². The molecule has 1 aromatic carbocycles. The molecule has 5 heteroatoms. The van der Waals surface area contributed by atoms with Crippen molar-refractivity contribution in [1.82, 2.24) is 5.32 Å². The zero-order chi connectivity index (χ0) is 16.1. The molecule has 1 aliphatic heterocycles. The van der Waals surface area contributed by atoms with Crippen LogP contribution in [0.3, 0.4) is 0 Å². The van der Waals surface area contributed by atoms with E-state index in [0.29, 0.717) is 18.8 Å². The summed E-state index contributed by atoms with van der Waals surface area (Å²) in [5, 5.41) is 3.03. The number of ether oxygens (including phenoxy) is 2. The molecule has 0 aromatic heterocycles. The van der Waals surface area contributed by atoms with E-state index in [0.717, 1.165) is 19.3 Å². The van der Waals surface area contributed by atoms with E-state index in [2.05, 4.69) is 5.32 Å². The third-order valence-corrected chi connectivity index (χ3v) is 4.52. The van der Waals surface area contributed by atoms with E-state index in [9.17, 15) is 9.59 Å².